The van der Waals surface area contributed by atoms with E-state index in [9.17, 15) is 4.79 Å². The Kier molecular flexibility index (Phi) is 5.71. The first-order valence-corrected chi connectivity index (χ1v) is 8.89. The van der Waals surface area contributed by atoms with E-state index in [1.807, 2.05) is 42.5 Å². The Balaban J connectivity index is 1.69. The van der Waals surface area contributed by atoms with Crippen LogP contribution in [0.25, 0.3) is 0 Å². The van der Waals surface area contributed by atoms with Crippen LogP contribution in [-0.4, -0.2) is 10.9 Å². The number of nitrogens with one attached hydrogen (secondary N) is 1. The van der Waals surface area contributed by atoms with E-state index in [0.717, 1.165) is 22.6 Å². The molecule has 3 rings (SSSR count). The van der Waals surface area contributed by atoms with Gasteiger partial charge in [-0.05, 0) is 47.4 Å². The summed E-state index contributed by atoms with van der Waals surface area (Å²) in [5, 5.41) is 2.86. The van der Waals surface area contributed by atoms with Gasteiger partial charge in [-0.25, -0.2) is 4.98 Å². The van der Waals surface area contributed by atoms with Gasteiger partial charge in [0.05, 0.1) is 5.56 Å². The number of nitrogens with zero attached hydrogens (tertiary/aromatic N) is 1. The Morgan fingerprint density at radius 1 is 1.11 bits per heavy atom. The summed E-state index contributed by atoms with van der Waals surface area (Å²) in [6, 6.07) is 19.0. The van der Waals surface area contributed by atoms with E-state index in [1.54, 1.807) is 18.3 Å². The molecule has 0 bridgehead atoms. The minimum absolute atomic E-state index is 0.220. The fraction of sp³-hybridized carbons (Fsp3) is 0.182. The van der Waals surface area contributed by atoms with Gasteiger partial charge in [-0.1, -0.05) is 44.2 Å². The van der Waals surface area contributed by atoms with Gasteiger partial charge in [-0.15, -0.1) is 0 Å². The zero-order valence-corrected chi connectivity index (χ0v) is 15.5. The standard InChI is InChI=1S/C22H23N3O2/c1-15(2)18-9-3-4-11-20(18)27-17-8-5-7-16(13-17)14-25-22(26)19-10-6-12-24-21(19)23/h3-13,15H,14H2,1-2H3,(H2,23,24)(H,25,26). The molecule has 2 aromatic carbocycles. The van der Waals surface area contributed by atoms with Crippen molar-refractivity contribution in [2.24, 2.45) is 0 Å². The van der Waals surface area contributed by atoms with Gasteiger partial charge in [0.15, 0.2) is 0 Å². The number of nitrogen functional groups attached to an aromatic ring is 1. The topological polar surface area (TPSA) is 77.2 Å². The lowest BCUT2D eigenvalue weighted by atomic mass is 10.0. The summed E-state index contributed by atoms with van der Waals surface area (Å²) in [6.45, 7) is 4.65. The van der Waals surface area contributed by atoms with E-state index in [4.69, 9.17) is 10.5 Å². The molecule has 1 heterocycles. The maximum atomic E-state index is 12.3. The highest BCUT2D eigenvalue weighted by Crippen LogP contribution is 2.30. The van der Waals surface area contributed by atoms with E-state index < -0.39 is 0 Å². The summed E-state index contributed by atoms with van der Waals surface area (Å²) in [5.74, 6) is 1.91. The van der Waals surface area contributed by atoms with E-state index >= 15 is 0 Å². The maximum absolute atomic E-state index is 12.3. The molecule has 1 aromatic heterocycles. The van der Waals surface area contributed by atoms with Crippen LogP contribution in [0.1, 0.15) is 41.3 Å². The van der Waals surface area contributed by atoms with Crippen LogP contribution < -0.4 is 15.8 Å². The number of hydrogen-bond donors (Lipinski definition) is 2. The van der Waals surface area contributed by atoms with E-state index in [2.05, 4.69) is 30.2 Å². The molecule has 0 aliphatic carbocycles. The third kappa shape index (κ3) is 4.64. The Hall–Kier alpha value is -3.34. The predicted octanol–water partition coefficient (Wildman–Crippen LogP) is 4.51. The zero-order valence-electron chi connectivity index (χ0n) is 15.5. The molecule has 0 saturated carbocycles. The Morgan fingerprint density at radius 3 is 2.70 bits per heavy atom. The number of benzene rings is 2. The van der Waals surface area contributed by atoms with Gasteiger partial charge >= 0.3 is 0 Å². The lowest BCUT2D eigenvalue weighted by molar-refractivity contribution is 0.0951. The van der Waals surface area contributed by atoms with E-state index in [-0.39, 0.29) is 11.7 Å². The van der Waals surface area contributed by atoms with Crippen LogP contribution in [0, 0.1) is 0 Å². The average Bonchev–Trinajstić information content (AvgIpc) is 2.67. The van der Waals surface area contributed by atoms with Crippen LogP contribution in [0.5, 0.6) is 11.5 Å². The molecule has 0 aliphatic rings. The SMILES string of the molecule is CC(C)c1ccccc1Oc1cccc(CNC(=O)c2cccnc2N)c1. The molecule has 138 valence electrons. The first-order chi connectivity index (χ1) is 13.0. The normalized spacial score (nSPS) is 10.6. The highest BCUT2D eigenvalue weighted by molar-refractivity contribution is 5.98. The number of pyridine rings is 1. The number of carbonyl (C=O) groups is 1. The highest BCUT2D eigenvalue weighted by Gasteiger charge is 2.11. The molecule has 5 heteroatoms. The van der Waals surface area contributed by atoms with Gasteiger partial charge in [0.25, 0.3) is 5.91 Å². The summed E-state index contributed by atoms with van der Waals surface area (Å²) in [7, 11) is 0. The van der Waals surface area contributed by atoms with Gasteiger partial charge < -0.3 is 15.8 Å². The van der Waals surface area contributed by atoms with Crippen molar-refractivity contribution in [3.63, 3.8) is 0 Å². The van der Waals surface area contributed by atoms with E-state index in [1.165, 1.54) is 0 Å². The second kappa shape index (κ2) is 8.36. The van der Waals surface area contributed by atoms with Crippen LogP contribution in [0.2, 0.25) is 0 Å². The van der Waals surface area contributed by atoms with Crippen LogP contribution in [0.3, 0.4) is 0 Å². The number of aromatic nitrogens is 1. The van der Waals surface area contributed by atoms with Crippen molar-refractivity contribution in [1.82, 2.24) is 10.3 Å². The molecular formula is C22H23N3O2. The number of anilines is 1. The quantitative estimate of drug-likeness (QED) is 0.677. The smallest absolute Gasteiger partial charge is 0.255 e. The molecule has 0 saturated heterocycles. The third-order valence-electron chi connectivity index (χ3n) is 4.20. The van der Waals surface area contributed by atoms with Gasteiger partial charge in [0.2, 0.25) is 0 Å². The van der Waals surface area contributed by atoms with Crippen molar-refractivity contribution < 1.29 is 9.53 Å². The third-order valence-corrected chi connectivity index (χ3v) is 4.20. The number of ether oxygens (including phenoxy) is 1. The monoisotopic (exact) mass is 361 g/mol. The second-order valence-corrected chi connectivity index (χ2v) is 6.56. The maximum Gasteiger partial charge on any atom is 0.255 e. The number of amides is 1. The lowest BCUT2D eigenvalue weighted by Crippen LogP contribution is -2.24. The molecule has 0 unspecified atom stereocenters. The van der Waals surface area contributed by atoms with Crippen molar-refractivity contribution >= 4 is 11.7 Å². The fourth-order valence-corrected chi connectivity index (χ4v) is 2.78. The van der Waals surface area contributed by atoms with Gasteiger partial charge in [-0.3, -0.25) is 4.79 Å². The summed E-state index contributed by atoms with van der Waals surface area (Å²) >= 11 is 0. The first kappa shape index (κ1) is 18.5. The van der Waals surface area contributed by atoms with Crippen LogP contribution in [-0.2, 0) is 6.54 Å². The van der Waals surface area contributed by atoms with Crippen molar-refractivity contribution in [3.05, 3.63) is 83.6 Å². The Labute approximate surface area is 159 Å². The molecular weight excluding hydrogens is 338 g/mol. The lowest BCUT2D eigenvalue weighted by Gasteiger charge is -2.14. The van der Waals surface area contributed by atoms with Crippen LogP contribution >= 0.6 is 0 Å². The molecule has 0 aliphatic heterocycles. The average molecular weight is 361 g/mol. The number of hydrogen-bond acceptors (Lipinski definition) is 4. The molecule has 0 fully saturated rings. The van der Waals surface area contributed by atoms with Gasteiger partial charge in [-0.2, -0.15) is 0 Å². The van der Waals surface area contributed by atoms with Crippen molar-refractivity contribution in [1.29, 1.82) is 0 Å². The van der Waals surface area contributed by atoms with Crippen LogP contribution in [0.4, 0.5) is 5.82 Å². The van der Waals surface area contributed by atoms with Gasteiger partial charge in [0.1, 0.15) is 17.3 Å². The summed E-state index contributed by atoms with van der Waals surface area (Å²) in [4.78, 5) is 16.2. The molecule has 1 amide bonds. The number of rotatable bonds is 6. The number of carbonyl (C=O) groups excluding carboxylic acids is 1. The predicted molar refractivity (Wildman–Crippen MR) is 107 cm³/mol. The molecule has 3 aromatic rings. The fourth-order valence-electron chi connectivity index (χ4n) is 2.78. The molecule has 5 nitrogen and oxygen atoms in total. The molecule has 3 N–H and O–H groups in total. The number of para-hydroxylation sites is 1. The van der Waals surface area contributed by atoms with Crippen molar-refractivity contribution in [2.45, 2.75) is 26.3 Å². The Bertz CT molecular complexity index is 938. The summed E-state index contributed by atoms with van der Waals surface area (Å²) in [5.41, 5.74) is 8.21. The minimum atomic E-state index is -0.253. The van der Waals surface area contributed by atoms with Crippen molar-refractivity contribution in [2.75, 3.05) is 5.73 Å². The minimum Gasteiger partial charge on any atom is -0.457 e. The van der Waals surface area contributed by atoms with E-state index in [0.29, 0.717) is 18.0 Å². The first-order valence-electron chi connectivity index (χ1n) is 8.89. The molecule has 0 atom stereocenters. The highest BCUT2D eigenvalue weighted by atomic mass is 16.5. The second-order valence-electron chi connectivity index (χ2n) is 6.56. The molecule has 0 spiro atoms. The molecule has 0 radical (unpaired) electrons. The summed E-state index contributed by atoms with van der Waals surface area (Å²) < 4.78 is 6.08. The number of nitrogens with two attached hydrogens (primary N) is 1. The van der Waals surface area contributed by atoms with Gasteiger partial charge in [0, 0.05) is 12.7 Å². The Morgan fingerprint density at radius 2 is 1.93 bits per heavy atom. The zero-order chi connectivity index (χ0) is 19.2. The summed E-state index contributed by atoms with van der Waals surface area (Å²) in [6.07, 6.45) is 1.56. The molecule has 27 heavy (non-hydrogen) atoms. The largest absolute Gasteiger partial charge is 0.457 e. The van der Waals surface area contributed by atoms with Crippen molar-refractivity contribution in [3.8, 4) is 11.5 Å². The van der Waals surface area contributed by atoms with Crippen LogP contribution in [0.15, 0.2) is 66.9 Å².